The van der Waals surface area contributed by atoms with Gasteiger partial charge in [0, 0.05) is 18.0 Å². The zero-order valence-corrected chi connectivity index (χ0v) is 11.1. The second kappa shape index (κ2) is 6.64. The fourth-order valence-corrected chi connectivity index (χ4v) is 2.30. The van der Waals surface area contributed by atoms with E-state index in [0.29, 0.717) is 18.4 Å². The van der Waals surface area contributed by atoms with E-state index in [9.17, 15) is 4.79 Å². The first-order valence-corrected chi connectivity index (χ1v) is 6.94. The Balaban J connectivity index is 1.86. The topological polar surface area (TPSA) is 38.3 Å². The van der Waals surface area contributed by atoms with Crippen LogP contribution in [0.25, 0.3) is 0 Å². The summed E-state index contributed by atoms with van der Waals surface area (Å²) in [5, 5.41) is 2.78. The Bertz CT molecular complexity index is 385. The number of benzene rings is 1. The van der Waals surface area contributed by atoms with E-state index >= 15 is 0 Å². The molecule has 1 N–H and O–H groups in total. The van der Waals surface area contributed by atoms with Crippen molar-refractivity contribution in [2.45, 2.75) is 38.2 Å². The monoisotopic (exact) mass is 267 g/mol. The van der Waals surface area contributed by atoms with E-state index < -0.39 is 0 Å². The summed E-state index contributed by atoms with van der Waals surface area (Å²) in [6, 6.07) is 7.51. The molecule has 1 aromatic rings. The molecule has 0 atom stereocenters. The van der Waals surface area contributed by atoms with Gasteiger partial charge < -0.3 is 10.1 Å². The van der Waals surface area contributed by atoms with E-state index in [4.69, 9.17) is 16.3 Å². The minimum absolute atomic E-state index is 0.0607. The van der Waals surface area contributed by atoms with Crippen LogP contribution in [-0.2, 0) is 4.79 Å². The molecule has 0 aromatic heterocycles. The number of hydrogen-bond acceptors (Lipinski definition) is 2. The van der Waals surface area contributed by atoms with Gasteiger partial charge in [0.25, 0.3) is 0 Å². The molecule has 1 aliphatic carbocycles. The van der Waals surface area contributed by atoms with Gasteiger partial charge in [0.2, 0.25) is 5.91 Å². The van der Waals surface area contributed by atoms with E-state index in [1.165, 1.54) is 12.8 Å². The van der Waals surface area contributed by atoms with E-state index in [-0.39, 0.29) is 5.91 Å². The zero-order valence-electron chi connectivity index (χ0n) is 10.3. The van der Waals surface area contributed by atoms with E-state index in [1.54, 1.807) is 0 Å². The standard InChI is InChI=1S/C14H18ClNO2/c15-10-9-14(17)16-11-5-7-13(8-6-11)18-12-3-1-2-4-12/h5-8,12H,1-4,9-10H2,(H,16,17). The summed E-state index contributed by atoms with van der Waals surface area (Å²) in [5.41, 5.74) is 0.781. The molecule has 1 amide bonds. The molecule has 18 heavy (non-hydrogen) atoms. The summed E-state index contributed by atoms with van der Waals surface area (Å²) >= 11 is 5.50. The quantitative estimate of drug-likeness (QED) is 0.828. The van der Waals surface area contributed by atoms with Crippen LogP contribution in [0.4, 0.5) is 5.69 Å². The fourth-order valence-electron chi connectivity index (χ4n) is 2.12. The van der Waals surface area contributed by atoms with Crippen molar-refractivity contribution in [3.8, 4) is 5.75 Å². The third kappa shape index (κ3) is 3.91. The van der Waals surface area contributed by atoms with Crippen LogP contribution < -0.4 is 10.1 Å². The summed E-state index contributed by atoms with van der Waals surface area (Å²) in [6.07, 6.45) is 5.51. The number of carbonyl (C=O) groups is 1. The van der Waals surface area contributed by atoms with Crippen LogP contribution >= 0.6 is 11.6 Å². The van der Waals surface area contributed by atoms with Crippen LogP contribution in [0.5, 0.6) is 5.75 Å². The van der Waals surface area contributed by atoms with Gasteiger partial charge in [0.15, 0.2) is 0 Å². The minimum Gasteiger partial charge on any atom is -0.490 e. The molecule has 0 spiro atoms. The van der Waals surface area contributed by atoms with Crippen LogP contribution in [0.15, 0.2) is 24.3 Å². The molecule has 98 valence electrons. The van der Waals surface area contributed by atoms with Crippen molar-refractivity contribution in [2.24, 2.45) is 0 Å². The van der Waals surface area contributed by atoms with Crippen LogP contribution in [0, 0.1) is 0 Å². The van der Waals surface area contributed by atoms with Gasteiger partial charge in [-0.15, -0.1) is 11.6 Å². The van der Waals surface area contributed by atoms with Crippen molar-refractivity contribution in [3.05, 3.63) is 24.3 Å². The molecular weight excluding hydrogens is 250 g/mol. The van der Waals surface area contributed by atoms with Crippen molar-refractivity contribution in [2.75, 3.05) is 11.2 Å². The number of hydrogen-bond donors (Lipinski definition) is 1. The first kappa shape index (κ1) is 13.2. The van der Waals surface area contributed by atoms with Gasteiger partial charge in [-0.2, -0.15) is 0 Å². The van der Waals surface area contributed by atoms with Gasteiger partial charge in [-0.25, -0.2) is 0 Å². The minimum atomic E-state index is -0.0607. The van der Waals surface area contributed by atoms with E-state index in [0.717, 1.165) is 24.3 Å². The van der Waals surface area contributed by atoms with E-state index in [1.807, 2.05) is 24.3 Å². The number of carbonyl (C=O) groups excluding carboxylic acids is 1. The summed E-state index contributed by atoms with van der Waals surface area (Å²) in [7, 11) is 0. The molecule has 1 fully saturated rings. The van der Waals surface area contributed by atoms with Crippen molar-refractivity contribution in [1.82, 2.24) is 0 Å². The maximum absolute atomic E-state index is 11.3. The average molecular weight is 268 g/mol. The van der Waals surface area contributed by atoms with Crippen LogP contribution in [0.1, 0.15) is 32.1 Å². The normalized spacial score (nSPS) is 15.6. The second-order valence-corrected chi connectivity index (χ2v) is 4.91. The molecule has 0 unspecified atom stereocenters. The number of anilines is 1. The van der Waals surface area contributed by atoms with Gasteiger partial charge in [-0.3, -0.25) is 4.79 Å². The lowest BCUT2D eigenvalue weighted by Gasteiger charge is -2.13. The molecule has 0 aliphatic heterocycles. The highest BCUT2D eigenvalue weighted by atomic mass is 35.5. The highest BCUT2D eigenvalue weighted by Gasteiger charge is 2.16. The predicted octanol–water partition coefficient (Wildman–Crippen LogP) is 3.58. The zero-order chi connectivity index (χ0) is 12.8. The highest BCUT2D eigenvalue weighted by molar-refractivity contribution is 6.19. The lowest BCUT2D eigenvalue weighted by Crippen LogP contribution is -2.12. The molecule has 0 bridgehead atoms. The van der Waals surface area contributed by atoms with E-state index in [2.05, 4.69) is 5.32 Å². The maximum Gasteiger partial charge on any atom is 0.225 e. The summed E-state index contributed by atoms with van der Waals surface area (Å²) in [5.74, 6) is 1.15. The lowest BCUT2D eigenvalue weighted by atomic mass is 10.2. The molecule has 1 aliphatic rings. The number of halogens is 1. The van der Waals surface area contributed by atoms with Gasteiger partial charge in [0.1, 0.15) is 5.75 Å². The second-order valence-electron chi connectivity index (χ2n) is 4.54. The van der Waals surface area contributed by atoms with Crippen molar-refractivity contribution < 1.29 is 9.53 Å². The Morgan fingerprint density at radius 2 is 1.94 bits per heavy atom. The molecule has 0 radical (unpaired) electrons. The van der Waals surface area contributed by atoms with Gasteiger partial charge >= 0.3 is 0 Å². The highest BCUT2D eigenvalue weighted by Crippen LogP contribution is 2.24. The molecule has 0 saturated heterocycles. The Morgan fingerprint density at radius 3 is 2.56 bits per heavy atom. The number of ether oxygens (including phenoxy) is 1. The number of amides is 1. The first-order chi connectivity index (χ1) is 8.78. The third-order valence-electron chi connectivity index (χ3n) is 3.06. The van der Waals surface area contributed by atoms with Crippen LogP contribution in [-0.4, -0.2) is 17.9 Å². The van der Waals surface area contributed by atoms with Crippen molar-refractivity contribution in [1.29, 1.82) is 0 Å². The molecule has 1 aromatic carbocycles. The number of rotatable bonds is 5. The third-order valence-corrected chi connectivity index (χ3v) is 3.25. The SMILES string of the molecule is O=C(CCCl)Nc1ccc(OC2CCCC2)cc1. The largest absolute Gasteiger partial charge is 0.490 e. The number of alkyl halides is 1. The maximum atomic E-state index is 11.3. The Hall–Kier alpha value is -1.22. The lowest BCUT2D eigenvalue weighted by molar-refractivity contribution is -0.115. The number of nitrogens with one attached hydrogen (secondary N) is 1. The molecule has 1 saturated carbocycles. The smallest absolute Gasteiger partial charge is 0.225 e. The van der Waals surface area contributed by atoms with Gasteiger partial charge in [-0.1, -0.05) is 0 Å². The predicted molar refractivity (Wildman–Crippen MR) is 73.3 cm³/mol. The Morgan fingerprint density at radius 1 is 1.28 bits per heavy atom. The average Bonchev–Trinajstić information content (AvgIpc) is 2.85. The molecule has 4 heteroatoms. The molecule has 3 nitrogen and oxygen atoms in total. The van der Waals surface area contributed by atoms with Gasteiger partial charge in [0.05, 0.1) is 6.10 Å². The molecule has 2 rings (SSSR count). The molecular formula is C14H18ClNO2. The van der Waals surface area contributed by atoms with Crippen molar-refractivity contribution in [3.63, 3.8) is 0 Å². The first-order valence-electron chi connectivity index (χ1n) is 6.40. The Kier molecular flexibility index (Phi) is 4.88. The fraction of sp³-hybridized carbons (Fsp3) is 0.500. The van der Waals surface area contributed by atoms with Crippen LogP contribution in [0.3, 0.4) is 0 Å². The summed E-state index contributed by atoms with van der Waals surface area (Å²) in [4.78, 5) is 11.3. The molecule has 0 heterocycles. The van der Waals surface area contributed by atoms with Crippen molar-refractivity contribution >= 4 is 23.2 Å². The summed E-state index contributed by atoms with van der Waals surface area (Å²) in [6.45, 7) is 0. The Labute approximate surface area is 112 Å². The van der Waals surface area contributed by atoms with Crippen LogP contribution in [0.2, 0.25) is 0 Å². The van der Waals surface area contributed by atoms with Gasteiger partial charge in [-0.05, 0) is 49.9 Å². The summed E-state index contributed by atoms with van der Waals surface area (Å²) < 4.78 is 5.85.